The third kappa shape index (κ3) is 4.81. The van der Waals surface area contributed by atoms with Crippen LogP contribution in [0.2, 0.25) is 5.02 Å². The molecule has 2 saturated heterocycles. The van der Waals surface area contributed by atoms with Gasteiger partial charge in [0.05, 0.1) is 28.9 Å². The third-order valence-corrected chi connectivity index (χ3v) is 7.18. The number of rotatable bonds is 6. The highest BCUT2D eigenvalue weighted by molar-refractivity contribution is 6.33. The molecule has 9 nitrogen and oxygen atoms in total. The van der Waals surface area contributed by atoms with Crippen molar-refractivity contribution in [2.24, 2.45) is 0 Å². The average Bonchev–Trinajstić information content (AvgIpc) is 3.38. The molecule has 3 aromatic rings. The van der Waals surface area contributed by atoms with Gasteiger partial charge in [-0.05, 0) is 25.8 Å². The van der Waals surface area contributed by atoms with Crippen LogP contribution < -0.4 is 14.7 Å². The van der Waals surface area contributed by atoms with E-state index in [0.29, 0.717) is 36.4 Å². The SMILES string of the molecule is C[C@@H]1CN(c2ncc(C(=O)O)cc2Cl)CCN1c1cc(-c2ccccc2)nc(N2CCCC2CO)n1. The lowest BCUT2D eigenvalue weighted by atomic mass is 10.1. The molecule has 10 heteroatoms. The summed E-state index contributed by atoms with van der Waals surface area (Å²) in [6.07, 6.45) is 3.27. The number of halogens is 1. The molecule has 2 N–H and O–H groups in total. The number of carbonyl (C=O) groups is 1. The van der Waals surface area contributed by atoms with E-state index in [2.05, 4.69) is 26.6 Å². The predicted molar refractivity (Wildman–Crippen MR) is 140 cm³/mol. The van der Waals surface area contributed by atoms with Gasteiger partial charge < -0.3 is 24.9 Å². The summed E-state index contributed by atoms with van der Waals surface area (Å²) in [5.41, 5.74) is 1.94. The van der Waals surface area contributed by atoms with Crippen LogP contribution in [0.4, 0.5) is 17.6 Å². The molecule has 4 heterocycles. The van der Waals surface area contributed by atoms with Crippen molar-refractivity contribution in [2.45, 2.75) is 31.8 Å². The molecule has 0 saturated carbocycles. The lowest BCUT2D eigenvalue weighted by Crippen LogP contribution is -2.53. The number of nitrogens with zero attached hydrogens (tertiary/aromatic N) is 6. The van der Waals surface area contributed by atoms with Crippen molar-refractivity contribution in [1.82, 2.24) is 15.0 Å². The van der Waals surface area contributed by atoms with Crippen LogP contribution in [0.1, 0.15) is 30.1 Å². The number of carboxylic acid groups (broad SMARTS) is 1. The number of anilines is 3. The fourth-order valence-electron chi connectivity index (χ4n) is 5.01. The summed E-state index contributed by atoms with van der Waals surface area (Å²) in [7, 11) is 0. The van der Waals surface area contributed by atoms with Crippen LogP contribution in [0, 0.1) is 0 Å². The lowest BCUT2D eigenvalue weighted by molar-refractivity contribution is 0.0696. The Balaban J connectivity index is 1.44. The van der Waals surface area contributed by atoms with E-state index in [0.717, 1.165) is 36.5 Å². The Morgan fingerprint density at radius 2 is 1.92 bits per heavy atom. The monoisotopic (exact) mass is 508 g/mol. The molecule has 2 fully saturated rings. The number of hydrogen-bond acceptors (Lipinski definition) is 8. The zero-order chi connectivity index (χ0) is 25.2. The van der Waals surface area contributed by atoms with E-state index in [-0.39, 0.29) is 24.3 Å². The van der Waals surface area contributed by atoms with Crippen LogP contribution >= 0.6 is 11.6 Å². The average molecular weight is 509 g/mol. The molecule has 36 heavy (non-hydrogen) atoms. The molecular weight excluding hydrogens is 480 g/mol. The van der Waals surface area contributed by atoms with Gasteiger partial charge in [0, 0.05) is 50.0 Å². The van der Waals surface area contributed by atoms with Crippen LogP contribution in [0.15, 0.2) is 48.7 Å². The summed E-state index contributed by atoms with van der Waals surface area (Å²) in [5.74, 6) is 1.02. The predicted octanol–water partition coefficient (Wildman–Crippen LogP) is 3.57. The Morgan fingerprint density at radius 3 is 2.61 bits per heavy atom. The number of aliphatic hydroxyl groups is 1. The van der Waals surface area contributed by atoms with Gasteiger partial charge >= 0.3 is 5.97 Å². The first-order valence-corrected chi connectivity index (χ1v) is 12.5. The van der Waals surface area contributed by atoms with Crippen LogP contribution in [0.25, 0.3) is 11.3 Å². The second kappa shape index (κ2) is 10.3. The quantitative estimate of drug-likeness (QED) is 0.516. The van der Waals surface area contributed by atoms with Crippen molar-refractivity contribution in [1.29, 1.82) is 0 Å². The highest BCUT2D eigenvalue weighted by Gasteiger charge is 2.30. The summed E-state index contributed by atoms with van der Waals surface area (Å²) < 4.78 is 0. The first-order valence-electron chi connectivity index (χ1n) is 12.2. The van der Waals surface area contributed by atoms with Crippen molar-refractivity contribution in [2.75, 3.05) is 47.5 Å². The summed E-state index contributed by atoms with van der Waals surface area (Å²) >= 11 is 6.39. The zero-order valence-electron chi connectivity index (χ0n) is 20.1. The smallest absolute Gasteiger partial charge is 0.337 e. The molecule has 0 radical (unpaired) electrons. The number of hydrogen-bond donors (Lipinski definition) is 2. The van der Waals surface area contributed by atoms with Crippen molar-refractivity contribution in [3.63, 3.8) is 0 Å². The minimum Gasteiger partial charge on any atom is -0.478 e. The van der Waals surface area contributed by atoms with Gasteiger partial charge in [-0.15, -0.1) is 0 Å². The number of pyridine rings is 1. The van der Waals surface area contributed by atoms with Gasteiger partial charge in [-0.3, -0.25) is 0 Å². The maximum Gasteiger partial charge on any atom is 0.337 e. The molecule has 2 atom stereocenters. The third-order valence-electron chi connectivity index (χ3n) is 6.91. The first-order chi connectivity index (χ1) is 17.4. The highest BCUT2D eigenvalue weighted by atomic mass is 35.5. The van der Waals surface area contributed by atoms with E-state index in [1.165, 1.54) is 12.3 Å². The van der Waals surface area contributed by atoms with Crippen molar-refractivity contribution < 1.29 is 15.0 Å². The van der Waals surface area contributed by atoms with Crippen molar-refractivity contribution in [3.8, 4) is 11.3 Å². The molecule has 0 bridgehead atoms. The van der Waals surface area contributed by atoms with E-state index in [4.69, 9.17) is 21.6 Å². The molecule has 0 aliphatic carbocycles. The van der Waals surface area contributed by atoms with E-state index >= 15 is 0 Å². The topological polar surface area (TPSA) is 106 Å². The minimum atomic E-state index is -1.05. The Morgan fingerprint density at radius 1 is 1.11 bits per heavy atom. The maximum atomic E-state index is 11.2. The molecule has 0 amide bonds. The highest BCUT2D eigenvalue weighted by Crippen LogP contribution is 2.32. The number of carboxylic acids is 1. The molecule has 2 aromatic heterocycles. The Kier molecular flexibility index (Phi) is 6.93. The normalized spacial score (nSPS) is 20.1. The van der Waals surface area contributed by atoms with Gasteiger partial charge in [-0.1, -0.05) is 41.9 Å². The number of aliphatic hydroxyl groups excluding tert-OH is 1. The number of aromatic nitrogens is 3. The van der Waals surface area contributed by atoms with Gasteiger partial charge in [-0.2, -0.15) is 4.98 Å². The summed E-state index contributed by atoms with van der Waals surface area (Å²) in [6, 6.07) is 13.7. The Bertz CT molecular complexity index is 1240. The lowest BCUT2D eigenvalue weighted by Gasteiger charge is -2.41. The van der Waals surface area contributed by atoms with Gasteiger partial charge in [0.1, 0.15) is 11.6 Å². The fraction of sp³-hybridized carbons (Fsp3) is 0.385. The van der Waals surface area contributed by atoms with Crippen LogP contribution in [-0.4, -0.2) is 76.0 Å². The van der Waals surface area contributed by atoms with Crippen LogP contribution in [0.5, 0.6) is 0 Å². The fourth-order valence-corrected chi connectivity index (χ4v) is 5.30. The van der Waals surface area contributed by atoms with Crippen molar-refractivity contribution >= 4 is 35.2 Å². The first kappa shape index (κ1) is 24.3. The summed E-state index contributed by atoms with van der Waals surface area (Å²) in [5, 5.41) is 19.4. The molecule has 1 unspecified atom stereocenters. The zero-order valence-corrected chi connectivity index (χ0v) is 20.8. The number of benzene rings is 1. The Hall–Kier alpha value is -3.43. The number of aromatic carboxylic acids is 1. The van der Waals surface area contributed by atoms with E-state index in [9.17, 15) is 15.0 Å². The molecule has 5 rings (SSSR count). The molecule has 188 valence electrons. The second-order valence-electron chi connectivity index (χ2n) is 9.27. The summed E-state index contributed by atoms with van der Waals surface area (Å²) in [4.78, 5) is 31.9. The van der Waals surface area contributed by atoms with Crippen molar-refractivity contribution in [3.05, 3.63) is 59.2 Å². The molecule has 0 spiro atoms. The van der Waals surface area contributed by atoms with E-state index in [1.54, 1.807) is 0 Å². The largest absolute Gasteiger partial charge is 0.478 e. The van der Waals surface area contributed by atoms with E-state index < -0.39 is 5.97 Å². The summed E-state index contributed by atoms with van der Waals surface area (Å²) in [6.45, 7) is 5.03. The van der Waals surface area contributed by atoms with E-state index in [1.807, 2.05) is 36.4 Å². The molecule has 1 aromatic carbocycles. The van der Waals surface area contributed by atoms with Crippen LogP contribution in [0.3, 0.4) is 0 Å². The van der Waals surface area contributed by atoms with Gasteiger partial charge in [0.25, 0.3) is 0 Å². The molecular formula is C26H29ClN6O3. The van der Waals surface area contributed by atoms with Crippen LogP contribution in [-0.2, 0) is 0 Å². The molecule has 2 aliphatic heterocycles. The van der Waals surface area contributed by atoms with Gasteiger partial charge in [0.2, 0.25) is 5.95 Å². The molecule has 2 aliphatic rings. The minimum absolute atomic E-state index is 0.0279. The standard InChI is InChI=1S/C26H29ClN6O3/c1-17-15-31(24-21(27)12-19(14-28-24)25(35)36)10-11-32(17)23-13-22(18-6-3-2-4-7-18)29-26(30-23)33-9-5-8-20(33)16-34/h2-4,6-7,12-14,17,20,34H,5,8-11,15-16H2,1H3,(H,35,36)/t17-,20?/m1/s1. The second-order valence-corrected chi connectivity index (χ2v) is 9.68. The Labute approximate surface area is 215 Å². The van der Waals surface area contributed by atoms with Gasteiger partial charge in [-0.25, -0.2) is 14.8 Å². The maximum absolute atomic E-state index is 11.2. The van der Waals surface area contributed by atoms with Gasteiger partial charge in [0.15, 0.2) is 0 Å². The number of piperazine rings is 1.